The molecule has 0 aromatic heterocycles. The summed E-state index contributed by atoms with van der Waals surface area (Å²) in [5, 5.41) is 9.28. The molecule has 0 aliphatic heterocycles. The highest BCUT2D eigenvalue weighted by Crippen LogP contribution is 2.23. The van der Waals surface area contributed by atoms with Gasteiger partial charge < -0.3 is 5.11 Å². The Bertz CT molecular complexity index is 373. The van der Waals surface area contributed by atoms with Gasteiger partial charge in [0.25, 0.3) is 0 Å². The maximum Gasteiger partial charge on any atom is 0.300 e. The topological polar surface area (TPSA) is 37.3 Å². The zero-order valence-corrected chi connectivity index (χ0v) is 7.84. The molecule has 0 saturated heterocycles. The van der Waals surface area contributed by atoms with Gasteiger partial charge in [0.15, 0.2) is 0 Å². The summed E-state index contributed by atoms with van der Waals surface area (Å²) >= 11 is 0. The Labute approximate surface area is 80.2 Å². The summed E-state index contributed by atoms with van der Waals surface area (Å²) < 4.78 is 24.1. The molecule has 0 aliphatic carbocycles. The monoisotopic (exact) mass is 200 g/mol. The third-order valence-electron chi connectivity index (χ3n) is 2.08. The molecule has 76 valence electrons. The molecule has 0 amide bonds. The molecule has 0 heterocycles. The largest absolute Gasteiger partial charge is 0.507 e. The molecule has 0 spiro atoms. The first kappa shape index (κ1) is 10.6. The normalized spacial score (nSPS) is 10.6. The Morgan fingerprint density at radius 2 is 1.79 bits per heavy atom. The number of aryl methyl sites for hydroxylation is 2. The van der Waals surface area contributed by atoms with Crippen molar-refractivity contribution in [3.63, 3.8) is 0 Å². The minimum Gasteiger partial charge on any atom is -0.507 e. The fourth-order valence-electron chi connectivity index (χ4n) is 1.12. The molecular formula is C10H10F2O2. The van der Waals surface area contributed by atoms with Gasteiger partial charge in [-0.25, -0.2) is 8.78 Å². The molecule has 14 heavy (non-hydrogen) atoms. The number of hydrogen-bond donors (Lipinski definition) is 1. The van der Waals surface area contributed by atoms with Crippen LogP contribution in [0.2, 0.25) is 0 Å². The number of halogens is 2. The summed E-state index contributed by atoms with van der Waals surface area (Å²) in [5.41, 5.74) is 1.14. The molecule has 1 rings (SSSR count). The van der Waals surface area contributed by atoms with Crippen molar-refractivity contribution in [3.8, 4) is 5.75 Å². The van der Waals surface area contributed by atoms with Crippen LogP contribution in [0.25, 0.3) is 0 Å². The summed E-state index contributed by atoms with van der Waals surface area (Å²) in [6.07, 6.45) is -3.08. The lowest BCUT2D eigenvalue weighted by molar-refractivity contribution is 0.0675. The van der Waals surface area contributed by atoms with E-state index >= 15 is 0 Å². The lowest BCUT2D eigenvalue weighted by Crippen LogP contribution is -2.10. The molecule has 0 unspecified atom stereocenters. The van der Waals surface area contributed by atoms with Crippen molar-refractivity contribution in [2.24, 2.45) is 0 Å². The number of carbonyl (C=O) groups is 1. The van der Waals surface area contributed by atoms with Gasteiger partial charge in [0, 0.05) is 0 Å². The Hall–Kier alpha value is -1.45. The number of Topliss-reactive ketones (excluding diaryl/α,β-unsaturated/α-hetero) is 1. The summed E-state index contributed by atoms with van der Waals surface area (Å²) in [7, 11) is 0. The van der Waals surface area contributed by atoms with Crippen LogP contribution in [0.15, 0.2) is 12.1 Å². The van der Waals surface area contributed by atoms with E-state index in [0.29, 0.717) is 5.56 Å². The summed E-state index contributed by atoms with van der Waals surface area (Å²) in [6.45, 7) is 3.42. The van der Waals surface area contributed by atoms with E-state index in [1.54, 1.807) is 13.8 Å². The van der Waals surface area contributed by atoms with Gasteiger partial charge in [-0.05, 0) is 37.1 Å². The number of phenolic OH excluding ortho intramolecular Hbond substituents is 1. The van der Waals surface area contributed by atoms with Gasteiger partial charge in [-0.1, -0.05) is 0 Å². The summed E-state index contributed by atoms with van der Waals surface area (Å²) in [5.74, 6) is -1.73. The van der Waals surface area contributed by atoms with Gasteiger partial charge in [0.1, 0.15) is 5.75 Å². The molecule has 0 radical (unpaired) electrons. The van der Waals surface area contributed by atoms with E-state index in [2.05, 4.69) is 0 Å². The lowest BCUT2D eigenvalue weighted by atomic mass is 10.0. The second kappa shape index (κ2) is 3.74. The number of phenols is 1. The maximum absolute atomic E-state index is 12.1. The molecule has 0 aliphatic rings. The van der Waals surface area contributed by atoms with Crippen molar-refractivity contribution in [2.45, 2.75) is 20.3 Å². The predicted molar refractivity (Wildman–Crippen MR) is 47.9 cm³/mol. The number of hydrogen-bond acceptors (Lipinski definition) is 2. The average Bonchev–Trinajstić information content (AvgIpc) is 2.10. The first-order chi connectivity index (χ1) is 6.43. The van der Waals surface area contributed by atoms with Gasteiger partial charge in [-0.2, -0.15) is 0 Å². The second-order valence-electron chi connectivity index (χ2n) is 3.12. The van der Waals surface area contributed by atoms with Gasteiger partial charge in [-0.15, -0.1) is 0 Å². The van der Waals surface area contributed by atoms with Crippen molar-refractivity contribution in [1.29, 1.82) is 0 Å². The van der Waals surface area contributed by atoms with E-state index in [4.69, 9.17) is 0 Å². The van der Waals surface area contributed by atoms with E-state index in [1.165, 1.54) is 12.1 Å². The molecule has 0 bridgehead atoms. The van der Waals surface area contributed by atoms with Gasteiger partial charge >= 0.3 is 6.43 Å². The van der Waals surface area contributed by atoms with Crippen molar-refractivity contribution in [3.05, 3.63) is 28.8 Å². The second-order valence-corrected chi connectivity index (χ2v) is 3.12. The third kappa shape index (κ3) is 1.89. The molecular weight excluding hydrogens is 190 g/mol. The molecule has 1 aromatic rings. The molecule has 4 heteroatoms. The standard InChI is InChI=1S/C10H10F2O2/c1-5-3-7(9(14)10(11)12)8(13)4-6(5)2/h3-4,10,13H,1-2H3. The first-order valence-corrected chi connectivity index (χ1v) is 4.06. The SMILES string of the molecule is Cc1cc(O)c(C(=O)C(F)F)cc1C. The number of aromatic hydroxyl groups is 1. The fraction of sp³-hybridized carbons (Fsp3) is 0.300. The van der Waals surface area contributed by atoms with Crippen LogP contribution in [-0.2, 0) is 0 Å². The van der Waals surface area contributed by atoms with Gasteiger partial charge in [0.05, 0.1) is 5.56 Å². The van der Waals surface area contributed by atoms with Crippen LogP contribution in [0.5, 0.6) is 5.75 Å². The molecule has 0 atom stereocenters. The Balaban J connectivity index is 3.22. The first-order valence-electron chi connectivity index (χ1n) is 4.06. The molecule has 2 nitrogen and oxygen atoms in total. The number of ketones is 1. The molecule has 0 saturated carbocycles. The van der Waals surface area contributed by atoms with E-state index in [-0.39, 0.29) is 5.56 Å². The minimum atomic E-state index is -3.08. The quantitative estimate of drug-likeness (QED) is 0.744. The maximum atomic E-state index is 12.1. The Morgan fingerprint density at radius 3 is 2.29 bits per heavy atom. The zero-order chi connectivity index (χ0) is 10.9. The van der Waals surface area contributed by atoms with Crippen LogP contribution in [0.1, 0.15) is 21.5 Å². The lowest BCUT2D eigenvalue weighted by Gasteiger charge is -2.06. The third-order valence-corrected chi connectivity index (χ3v) is 2.08. The average molecular weight is 200 g/mol. The zero-order valence-electron chi connectivity index (χ0n) is 7.84. The van der Waals surface area contributed by atoms with Crippen LogP contribution in [-0.4, -0.2) is 17.3 Å². The highest BCUT2D eigenvalue weighted by Gasteiger charge is 2.21. The van der Waals surface area contributed by atoms with Crippen LogP contribution >= 0.6 is 0 Å². The fourth-order valence-corrected chi connectivity index (χ4v) is 1.12. The van der Waals surface area contributed by atoms with E-state index in [9.17, 15) is 18.7 Å². The highest BCUT2D eigenvalue weighted by atomic mass is 19.3. The summed E-state index contributed by atoms with van der Waals surface area (Å²) in [6, 6.07) is 2.59. The molecule has 0 fully saturated rings. The van der Waals surface area contributed by atoms with Crippen molar-refractivity contribution < 1.29 is 18.7 Å². The van der Waals surface area contributed by atoms with E-state index in [0.717, 1.165) is 5.56 Å². The number of alkyl halides is 2. The van der Waals surface area contributed by atoms with Gasteiger partial charge in [0.2, 0.25) is 5.78 Å². The number of benzene rings is 1. The van der Waals surface area contributed by atoms with Crippen molar-refractivity contribution in [2.75, 3.05) is 0 Å². The van der Waals surface area contributed by atoms with Crippen molar-refractivity contribution in [1.82, 2.24) is 0 Å². The smallest absolute Gasteiger partial charge is 0.300 e. The highest BCUT2D eigenvalue weighted by molar-refractivity contribution is 6.01. The number of carbonyl (C=O) groups excluding carboxylic acids is 1. The van der Waals surface area contributed by atoms with E-state index < -0.39 is 18.0 Å². The van der Waals surface area contributed by atoms with Crippen LogP contribution in [0, 0.1) is 13.8 Å². The molecule has 1 aromatic carbocycles. The Kier molecular flexibility index (Phi) is 2.84. The van der Waals surface area contributed by atoms with E-state index in [1.807, 2.05) is 0 Å². The number of rotatable bonds is 2. The van der Waals surface area contributed by atoms with Crippen LogP contribution in [0.3, 0.4) is 0 Å². The Morgan fingerprint density at radius 1 is 1.29 bits per heavy atom. The molecule has 1 N–H and O–H groups in total. The van der Waals surface area contributed by atoms with Crippen LogP contribution in [0.4, 0.5) is 8.78 Å². The predicted octanol–water partition coefficient (Wildman–Crippen LogP) is 2.46. The minimum absolute atomic E-state index is 0.317. The van der Waals surface area contributed by atoms with Crippen molar-refractivity contribution >= 4 is 5.78 Å². The summed E-state index contributed by atoms with van der Waals surface area (Å²) in [4.78, 5) is 10.9. The van der Waals surface area contributed by atoms with Gasteiger partial charge in [-0.3, -0.25) is 4.79 Å². The van der Waals surface area contributed by atoms with Crippen LogP contribution < -0.4 is 0 Å².